The average Bonchev–Trinajstić information content (AvgIpc) is 2.87. The number of fused-ring (bicyclic) bond motifs is 3. The van der Waals surface area contributed by atoms with E-state index >= 15 is 0 Å². The van der Waals surface area contributed by atoms with E-state index in [4.69, 9.17) is 19.1 Å². The monoisotopic (exact) mass is 541 g/mol. The summed E-state index contributed by atoms with van der Waals surface area (Å²) >= 11 is 6.41. The van der Waals surface area contributed by atoms with Crippen molar-refractivity contribution in [3.8, 4) is 22.8 Å². The minimum atomic E-state index is -2.85. The van der Waals surface area contributed by atoms with Gasteiger partial charge in [0, 0.05) is 30.2 Å². The smallest absolute Gasteiger partial charge is 0.277 e. The molecule has 0 spiro atoms. The van der Waals surface area contributed by atoms with Gasteiger partial charge in [0.15, 0.2) is 11.6 Å². The lowest BCUT2D eigenvalue weighted by molar-refractivity contribution is 0.0688. The predicted molar refractivity (Wildman–Crippen MR) is 136 cm³/mol. The van der Waals surface area contributed by atoms with E-state index < -0.39 is 40.1 Å². The molecule has 1 N–H and O–H groups in total. The fourth-order valence-corrected chi connectivity index (χ4v) is 4.34. The molecule has 0 bridgehead atoms. The number of hydrogen-bond donors (Lipinski definition) is 1. The van der Waals surface area contributed by atoms with Gasteiger partial charge >= 0.3 is 0 Å². The Bertz CT molecular complexity index is 1680. The van der Waals surface area contributed by atoms with Crippen molar-refractivity contribution in [2.45, 2.75) is 51.7 Å². The molecule has 0 radical (unpaired) electrons. The lowest BCUT2D eigenvalue weighted by Crippen LogP contribution is -2.25. The predicted octanol–water partition coefficient (Wildman–Crippen LogP) is 4.70. The van der Waals surface area contributed by atoms with Crippen molar-refractivity contribution in [2.75, 3.05) is 0 Å². The highest BCUT2D eigenvalue weighted by molar-refractivity contribution is 6.31. The van der Waals surface area contributed by atoms with Crippen LogP contribution >= 0.6 is 11.6 Å². The summed E-state index contributed by atoms with van der Waals surface area (Å²) in [6.45, 7) is 0.287. The second kappa shape index (κ2) is 10.2. The first-order valence-electron chi connectivity index (χ1n) is 12.9. The van der Waals surface area contributed by atoms with E-state index in [2.05, 4.69) is 19.9 Å². The van der Waals surface area contributed by atoms with Crippen molar-refractivity contribution in [3.05, 3.63) is 92.6 Å². The minimum absolute atomic E-state index is 0.210. The van der Waals surface area contributed by atoms with Crippen molar-refractivity contribution in [3.63, 3.8) is 0 Å². The Balaban J connectivity index is 1.61. The van der Waals surface area contributed by atoms with Gasteiger partial charge in [-0.05, 0) is 57.2 Å². The Kier molecular flexibility index (Phi) is 6.26. The number of pyridine rings is 3. The van der Waals surface area contributed by atoms with E-state index in [1.54, 1.807) is 32.2 Å². The highest BCUT2D eigenvalue weighted by Crippen LogP contribution is 2.30. The van der Waals surface area contributed by atoms with Crippen molar-refractivity contribution >= 4 is 11.6 Å². The van der Waals surface area contributed by atoms with Crippen LogP contribution in [0.3, 0.4) is 0 Å². The molecular formula is C27H24ClF2N5O3. The Morgan fingerprint density at radius 2 is 1.92 bits per heavy atom. The maximum atomic E-state index is 14.3. The third-order valence-corrected chi connectivity index (χ3v) is 6.40. The van der Waals surface area contributed by atoms with Crippen LogP contribution in [0.25, 0.3) is 17.1 Å². The summed E-state index contributed by atoms with van der Waals surface area (Å²) in [5.74, 6) is -2.30. The van der Waals surface area contributed by atoms with Gasteiger partial charge in [0.05, 0.1) is 26.0 Å². The number of nitrogens with zero attached hydrogens (tertiary/aromatic N) is 5. The highest BCUT2D eigenvalue weighted by atomic mass is 35.5. The molecule has 4 aromatic rings. The maximum Gasteiger partial charge on any atom is 0.277 e. The first-order chi connectivity index (χ1) is 18.8. The van der Waals surface area contributed by atoms with Crippen molar-refractivity contribution in [1.29, 1.82) is 0 Å². The summed E-state index contributed by atoms with van der Waals surface area (Å²) < 4.78 is 50.9. The number of aromatic nitrogens is 5. The van der Waals surface area contributed by atoms with Gasteiger partial charge in [-0.3, -0.25) is 19.3 Å². The summed E-state index contributed by atoms with van der Waals surface area (Å²) in [5, 5.41) is 9.91. The fourth-order valence-electron chi connectivity index (χ4n) is 4.16. The lowest BCUT2D eigenvalue weighted by Gasteiger charge is -2.22. The SMILES string of the molecule is [2H]C([2H])(Oc1cc2n(c(=O)c1Cl)-c1cc(-c3ccnc(C(C)(C)O)n3)ncc1CCCC2)c1ncc(F)cc1F. The molecule has 196 valence electrons. The molecule has 4 aromatic heterocycles. The van der Waals surface area contributed by atoms with Crippen LogP contribution in [0.4, 0.5) is 8.78 Å². The van der Waals surface area contributed by atoms with Crippen LogP contribution in [0.5, 0.6) is 5.75 Å². The largest absolute Gasteiger partial charge is 0.485 e. The molecule has 0 fully saturated rings. The van der Waals surface area contributed by atoms with Gasteiger partial charge in [-0.25, -0.2) is 18.7 Å². The van der Waals surface area contributed by atoms with E-state index in [-0.39, 0.29) is 11.6 Å². The molecule has 0 saturated carbocycles. The standard InChI is InChI=1S/C27H24ClF2N5O3/c1-27(2,37)26-31-8-7-19(34-26)20-11-22-15(12-32-20)5-3-4-6-17-10-23(24(28)25(36)35(17)22)38-14-21-18(30)9-16(29)13-33-21/h7-13,37H,3-6,14H2,1-2H3/i14D2. The Hall–Kier alpha value is -3.76. The molecule has 0 saturated heterocycles. The topological polar surface area (TPSA) is 103 Å². The minimum Gasteiger partial charge on any atom is -0.485 e. The third kappa shape index (κ3) is 5.14. The zero-order valence-corrected chi connectivity index (χ0v) is 21.3. The zero-order valence-electron chi connectivity index (χ0n) is 22.5. The van der Waals surface area contributed by atoms with Crippen LogP contribution in [-0.4, -0.2) is 29.6 Å². The lowest BCUT2D eigenvalue weighted by atomic mass is 10.0. The molecule has 0 unspecified atom stereocenters. The molecule has 5 heterocycles. The van der Waals surface area contributed by atoms with Gasteiger partial charge in [-0.2, -0.15) is 0 Å². The van der Waals surface area contributed by atoms with Gasteiger partial charge in [0.25, 0.3) is 5.56 Å². The number of hydrogen-bond acceptors (Lipinski definition) is 7. The van der Waals surface area contributed by atoms with Crippen LogP contribution in [0, 0.1) is 11.6 Å². The molecule has 5 rings (SSSR count). The van der Waals surface area contributed by atoms with Crippen molar-refractivity contribution in [2.24, 2.45) is 0 Å². The molecule has 1 aliphatic heterocycles. The number of aliphatic hydroxyl groups is 1. The number of halogens is 3. The Labute approximate surface area is 224 Å². The van der Waals surface area contributed by atoms with Crippen LogP contribution in [0.15, 0.2) is 47.7 Å². The quantitative estimate of drug-likeness (QED) is 0.390. The van der Waals surface area contributed by atoms with E-state index in [1.165, 1.54) is 16.8 Å². The molecule has 0 amide bonds. The maximum absolute atomic E-state index is 14.3. The molecular weight excluding hydrogens is 516 g/mol. The first-order valence-corrected chi connectivity index (χ1v) is 12.2. The summed E-state index contributed by atoms with van der Waals surface area (Å²) in [6.07, 6.45) is 6.46. The molecule has 0 atom stereocenters. The van der Waals surface area contributed by atoms with Gasteiger partial charge < -0.3 is 9.84 Å². The third-order valence-electron chi connectivity index (χ3n) is 6.05. The Morgan fingerprint density at radius 3 is 2.68 bits per heavy atom. The van der Waals surface area contributed by atoms with Crippen molar-refractivity contribution in [1.82, 2.24) is 24.5 Å². The Morgan fingerprint density at radius 1 is 1.13 bits per heavy atom. The van der Waals surface area contributed by atoms with E-state index in [0.717, 1.165) is 12.0 Å². The van der Waals surface area contributed by atoms with Crippen LogP contribution < -0.4 is 10.3 Å². The zero-order chi connectivity index (χ0) is 28.8. The first kappa shape index (κ1) is 23.4. The van der Waals surface area contributed by atoms with Gasteiger partial charge in [-0.1, -0.05) is 11.6 Å². The molecule has 38 heavy (non-hydrogen) atoms. The summed E-state index contributed by atoms with van der Waals surface area (Å²) in [7, 11) is 0. The van der Waals surface area contributed by atoms with Gasteiger partial charge in [-0.15, -0.1) is 0 Å². The number of rotatable bonds is 5. The molecule has 8 nitrogen and oxygen atoms in total. The normalized spacial score (nSPS) is 14.5. The fraction of sp³-hybridized carbons (Fsp3) is 0.296. The number of aryl methyl sites for hydroxylation is 2. The summed E-state index contributed by atoms with van der Waals surface area (Å²) in [6, 6.07) is 5.28. The second-order valence-corrected chi connectivity index (χ2v) is 9.75. The summed E-state index contributed by atoms with van der Waals surface area (Å²) in [5.41, 5.74) is -0.0337. The average molecular weight is 542 g/mol. The number of ether oxygens (including phenoxy) is 1. The second-order valence-electron chi connectivity index (χ2n) is 9.37. The van der Waals surface area contributed by atoms with E-state index in [1.807, 2.05) is 0 Å². The van der Waals surface area contributed by atoms with Gasteiger partial charge in [0.2, 0.25) is 0 Å². The van der Waals surface area contributed by atoms with Crippen LogP contribution in [0.1, 0.15) is 52.2 Å². The van der Waals surface area contributed by atoms with Crippen LogP contribution in [0.2, 0.25) is 5.02 Å². The van der Waals surface area contributed by atoms with Crippen LogP contribution in [-0.2, 0) is 25.0 Å². The molecule has 1 aliphatic rings. The highest BCUT2D eigenvalue weighted by Gasteiger charge is 2.23. The molecule has 0 aliphatic carbocycles. The van der Waals surface area contributed by atoms with E-state index in [0.29, 0.717) is 54.3 Å². The van der Waals surface area contributed by atoms with Crippen molar-refractivity contribution < 1.29 is 21.4 Å². The van der Waals surface area contributed by atoms with E-state index in [9.17, 15) is 18.7 Å². The summed E-state index contributed by atoms with van der Waals surface area (Å²) in [4.78, 5) is 30.2. The van der Waals surface area contributed by atoms with Gasteiger partial charge in [0.1, 0.15) is 34.4 Å². The molecule has 11 heteroatoms. The molecule has 0 aromatic carbocycles.